The molecule has 1 aliphatic heterocycles. The molecule has 0 saturated carbocycles. The number of hydrogen-bond donors (Lipinski definition) is 0. The molecule has 1 aliphatic rings. The summed E-state index contributed by atoms with van der Waals surface area (Å²) in [5, 5.41) is 9.35. The molecule has 0 unspecified atom stereocenters. The third-order valence-electron chi connectivity index (χ3n) is 3.46. The van der Waals surface area contributed by atoms with Crippen LogP contribution in [0.15, 0.2) is 24.3 Å². The number of imide groups is 1. The van der Waals surface area contributed by atoms with Gasteiger partial charge in [0.05, 0.1) is 17.5 Å². The molecule has 0 aliphatic carbocycles. The molecule has 2 rings (SSSR count). The van der Waals surface area contributed by atoms with Crippen LogP contribution in [0.4, 0.5) is 13.2 Å². The first-order valence-corrected chi connectivity index (χ1v) is 7.78. The second-order valence-corrected chi connectivity index (χ2v) is 6.19. The summed E-state index contributed by atoms with van der Waals surface area (Å²) in [6, 6.07) is 6.40. The van der Waals surface area contributed by atoms with Crippen molar-refractivity contribution in [3.8, 4) is 5.40 Å². The zero-order chi connectivity index (χ0) is 17.0. The van der Waals surface area contributed by atoms with Crippen LogP contribution >= 0.6 is 11.8 Å². The van der Waals surface area contributed by atoms with Crippen LogP contribution in [0.5, 0.6) is 0 Å². The molecule has 0 fully saturated rings. The SMILES string of the molecule is N#CS[C@H](CCCN1C(=O)c2ccccc2C1=O)CC(F)(F)F. The number of nitriles is 1. The van der Waals surface area contributed by atoms with Crippen molar-refractivity contribution in [2.24, 2.45) is 0 Å². The lowest BCUT2D eigenvalue weighted by molar-refractivity contribution is -0.134. The Hall–Kier alpha value is -2.01. The van der Waals surface area contributed by atoms with E-state index in [1.807, 2.05) is 0 Å². The summed E-state index contributed by atoms with van der Waals surface area (Å²) >= 11 is 0.572. The molecular formula is C15H13F3N2O2S. The summed E-state index contributed by atoms with van der Waals surface area (Å²) < 4.78 is 37.3. The number of alkyl halides is 3. The molecule has 1 aromatic carbocycles. The van der Waals surface area contributed by atoms with Gasteiger partial charge in [0.25, 0.3) is 11.8 Å². The number of thiocyanates is 1. The standard InChI is InChI=1S/C15H13F3N2O2S/c16-15(17,18)8-10(23-9-19)4-3-7-20-13(21)11-5-1-2-6-12(11)14(20)22/h1-2,5-6,10H,3-4,7-8H2/t10-/m1/s1. The lowest BCUT2D eigenvalue weighted by Gasteiger charge is -2.17. The van der Waals surface area contributed by atoms with Gasteiger partial charge in [0.1, 0.15) is 5.40 Å². The van der Waals surface area contributed by atoms with Gasteiger partial charge in [0, 0.05) is 11.8 Å². The highest BCUT2D eigenvalue weighted by Gasteiger charge is 2.35. The van der Waals surface area contributed by atoms with Gasteiger partial charge >= 0.3 is 6.18 Å². The molecule has 0 radical (unpaired) electrons. The van der Waals surface area contributed by atoms with Crippen molar-refractivity contribution in [3.05, 3.63) is 35.4 Å². The number of carbonyl (C=O) groups excluding carboxylic acids is 2. The molecule has 4 nitrogen and oxygen atoms in total. The van der Waals surface area contributed by atoms with Crippen LogP contribution in [0.3, 0.4) is 0 Å². The normalized spacial score (nSPS) is 15.5. The zero-order valence-electron chi connectivity index (χ0n) is 12.0. The van der Waals surface area contributed by atoms with E-state index in [1.54, 1.807) is 29.7 Å². The van der Waals surface area contributed by atoms with Gasteiger partial charge in [-0.15, -0.1) is 0 Å². The molecule has 0 saturated heterocycles. The largest absolute Gasteiger partial charge is 0.390 e. The fourth-order valence-electron chi connectivity index (χ4n) is 2.45. The Bertz CT molecular complexity index is 620. The van der Waals surface area contributed by atoms with Crippen molar-refractivity contribution in [2.45, 2.75) is 30.7 Å². The lowest BCUT2D eigenvalue weighted by atomic mass is 10.1. The Morgan fingerprint density at radius 1 is 1.17 bits per heavy atom. The van der Waals surface area contributed by atoms with E-state index in [-0.39, 0.29) is 19.4 Å². The zero-order valence-corrected chi connectivity index (χ0v) is 12.8. The lowest BCUT2D eigenvalue weighted by Crippen LogP contribution is -2.31. The summed E-state index contributed by atoms with van der Waals surface area (Å²) in [6.07, 6.45) is -5.08. The highest BCUT2D eigenvalue weighted by molar-refractivity contribution is 8.04. The summed E-state index contributed by atoms with van der Waals surface area (Å²) in [6.45, 7) is 0.0483. The van der Waals surface area contributed by atoms with Crippen LogP contribution in [0.2, 0.25) is 0 Å². The maximum atomic E-state index is 12.4. The van der Waals surface area contributed by atoms with Crippen LogP contribution in [0.25, 0.3) is 0 Å². The Morgan fingerprint density at radius 3 is 2.22 bits per heavy atom. The van der Waals surface area contributed by atoms with Crippen molar-refractivity contribution in [1.29, 1.82) is 5.26 Å². The molecule has 8 heteroatoms. The maximum Gasteiger partial charge on any atom is 0.390 e. The van der Waals surface area contributed by atoms with E-state index < -0.39 is 29.7 Å². The van der Waals surface area contributed by atoms with Gasteiger partial charge in [-0.1, -0.05) is 12.1 Å². The van der Waals surface area contributed by atoms with E-state index in [1.165, 1.54) is 0 Å². The summed E-state index contributed by atoms with van der Waals surface area (Å²) in [5.74, 6) is -0.850. The number of benzene rings is 1. The van der Waals surface area contributed by atoms with Crippen LogP contribution < -0.4 is 0 Å². The van der Waals surface area contributed by atoms with E-state index >= 15 is 0 Å². The molecule has 0 spiro atoms. The van der Waals surface area contributed by atoms with Crippen molar-refractivity contribution >= 4 is 23.6 Å². The fraction of sp³-hybridized carbons (Fsp3) is 0.400. The quantitative estimate of drug-likeness (QED) is 0.585. The summed E-state index contributed by atoms with van der Waals surface area (Å²) in [7, 11) is 0. The van der Waals surface area contributed by atoms with E-state index in [0.717, 1.165) is 4.90 Å². The van der Waals surface area contributed by atoms with E-state index in [2.05, 4.69) is 0 Å². The van der Waals surface area contributed by atoms with Crippen LogP contribution in [0, 0.1) is 10.7 Å². The van der Waals surface area contributed by atoms with E-state index in [0.29, 0.717) is 22.9 Å². The van der Waals surface area contributed by atoms with Gasteiger partial charge in [-0.2, -0.15) is 18.4 Å². The highest BCUT2D eigenvalue weighted by atomic mass is 32.2. The first-order valence-electron chi connectivity index (χ1n) is 6.90. The van der Waals surface area contributed by atoms with Crippen molar-refractivity contribution < 1.29 is 22.8 Å². The smallest absolute Gasteiger partial charge is 0.274 e. The predicted octanol–water partition coefficient (Wildman–Crippen LogP) is 3.60. The molecule has 0 N–H and O–H groups in total. The van der Waals surface area contributed by atoms with Gasteiger partial charge in [-0.05, 0) is 36.7 Å². The second-order valence-electron chi connectivity index (χ2n) is 5.10. The molecule has 122 valence electrons. The van der Waals surface area contributed by atoms with Crippen molar-refractivity contribution in [1.82, 2.24) is 4.90 Å². The summed E-state index contributed by atoms with van der Waals surface area (Å²) in [5.41, 5.74) is 0.631. The first-order chi connectivity index (χ1) is 10.8. The minimum Gasteiger partial charge on any atom is -0.274 e. The monoisotopic (exact) mass is 342 g/mol. The molecule has 0 bridgehead atoms. The highest BCUT2D eigenvalue weighted by Crippen LogP contribution is 2.30. The minimum atomic E-state index is -4.34. The first kappa shape index (κ1) is 17.3. The van der Waals surface area contributed by atoms with Gasteiger partial charge in [0.15, 0.2) is 0 Å². The van der Waals surface area contributed by atoms with Gasteiger partial charge in [-0.3, -0.25) is 14.5 Å². The molecule has 23 heavy (non-hydrogen) atoms. The van der Waals surface area contributed by atoms with Crippen LogP contribution in [0.1, 0.15) is 40.0 Å². The van der Waals surface area contributed by atoms with Crippen molar-refractivity contribution in [3.63, 3.8) is 0 Å². The molecular weight excluding hydrogens is 329 g/mol. The summed E-state index contributed by atoms with van der Waals surface area (Å²) in [4.78, 5) is 25.3. The number of thioether (sulfide) groups is 1. The Morgan fingerprint density at radius 2 is 1.74 bits per heavy atom. The van der Waals surface area contributed by atoms with E-state index in [9.17, 15) is 22.8 Å². The van der Waals surface area contributed by atoms with Gasteiger partial charge in [-0.25, -0.2) is 0 Å². The molecule has 0 aromatic heterocycles. The predicted molar refractivity (Wildman–Crippen MR) is 78.7 cm³/mol. The number of nitrogens with zero attached hydrogens (tertiary/aromatic N) is 2. The maximum absolute atomic E-state index is 12.4. The molecule has 1 aromatic rings. The third kappa shape index (κ3) is 4.26. The second kappa shape index (κ2) is 7.04. The minimum absolute atomic E-state index is 0.0483. The number of hydrogen-bond acceptors (Lipinski definition) is 4. The van der Waals surface area contributed by atoms with Crippen molar-refractivity contribution in [2.75, 3.05) is 6.54 Å². The number of carbonyl (C=O) groups is 2. The van der Waals surface area contributed by atoms with E-state index in [4.69, 9.17) is 5.26 Å². The number of amides is 2. The van der Waals surface area contributed by atoms with Gasteiger partial charge < -0.3 is 0 Å². The van der Waals surface area contributed by atoms with Gasteiger partial charge in [0.2, 0.25) is 0 Å². The molecule has 2 amide bonds. The number of halogens is 3. The average Bonchev–Trinajstić information content (AvgIpc) is 2.71. The van der Waals surface area contributed by atoms with Crippen LogP contribution in [-0.2, 0) is 0 Å². The third-order valence-corrected chi connectivity index (χ3v) is 4.31. The Kier molecular flexibility index (Phi) is 5.31. The van der Waals surface area contributed by atoms with Crippen LogP contribution in [-0.4, -0.2) is 34.7 Å². The number of fused-ring (bicyclic) bond motifs is 1. The Labute approximate surface area is 135 Å². The molecule has 1 atom stereocenters. The molecule has 1 heterocycles. The topological polar surface area (TPSA) is 61.2 Å². The average molecular weight is 342 g/mol. The number of rotatable bonds is 6. The fourth-order valence-corrected chi connectivity index (χ4v) is 3.16. The Balaban J connectivity index is 1.93.